The number of fused-ring (bicyclic) bond motifs is 2. The molecule has 0 spiro atoms. The van der Waals surface area contributed by atoms with Gasteiger partial charge < -0.3 is 16.0 Å². The summed E-state index contributed by atoms with van der Waals surface area (Å²) in [6, 6.07) is 14.8. The zero-order valence-electron chi connectivity index (χ0n) is 15.4. The Morgan fingerprint density at radius 2 is 1.79 bits per heavy atom. The summed E-state index contributed by atoms with van der Waals surface area (Å²) in [6.07, 6.45) is 2.75. The minimum absolute atomic E-state index is 0.130. The van der Waals surface area contributed by atoms with E-state index in [-0.39, 0.29) is 23.9 Å². The minimum atomic E-state index is -0.248. The lowest BCUT2D eigenvalue weighted by Gasteiger charge is -2.32. The first-order chi connectivity index (χ1) is 13.6. The molecule has 2 aliphatic rings. The van der Waals surface area contributed by atoms with Crippen LogP contribution < -0.4 is 11.1 Å². The van der Waals surface area contributed by atoms with E-state index in [1.54, 1.807) is 18.2 Å². The molecule has 142 valence electrons. The van der Waals surface area contributed by atoms with Crippen molar-refractivity contribution in [3.8, 4) is 0 Å². The summed E-state index contributed by atoms with van der Waals surface area (Å²) in [4.78, 5) is 31.2. The summed E-state index contributed by atoms with van der Waals surface area (Å²) in [5.41, 5.74) is 9.25. The topological polar surface area (TPSA) is 91.2 Å². The number of benzene rings is 2. The van der Waals surface area contributed by atoms with Crippen molar-refractivity contribution in [3.63, 3.8) is 0 Å². The second kappa shape index (κ2) is 6.49. The number of para-hydroxylation sites is 1. The van der Waals surface area contributed by atoms with Crippen LogP contribution in [0.3, 0.4) is 0 Å². The van der Waals surface area contributed by atoms with Crippen LogP contribution in [0.5, 0.6) is 0 Å². The molecule has 0 radical (unpaired) electrons. The fraction of sp³-hybridized carbons (Fsp3) is 0.273. The SMILES string of the molecule is Nc1ccc2c(c1)C(=O)N([C@H]1CCCCNC1c1cc3ccccc3[nH]1)C2=O. The van der Waals surface area contributed by atoms with E-state index in [9.17, 15) is 9.59 Å². The highest BCUT2D eigenvalue weighted by Crippen LogP contribution is 2.35. The normalized spacial score (nSPS) is 22.5. The smallest absolute Gasteiger partial charge is 0.261 e. The van der Waals surface area contributed by atoms with Crippen molar-refractivity contribution >= 4 is 28.4 Å². The largest absolute Gasteiger partial charge is 0.399 e. The maximum Gasteiger partial charge on any atom is 0.261 e. The predicted molar refractivity (Wildman–Crippen MR) is 108 cm³/mol. The van der Waals surface area contributed by atoms with E-state index in [0.717, 1.165) is 42.4 Å². The number of aromatic amines is 1. The molecule has 1 unspecified atom stereocenters. The number of imide groups is 1. The Bertz CT molecular complexity index is 1050. The fourth-order valence-corrected chi connectivity index (χ4v) is 4.48. The van der Waals surface area contributed by atoms with Crippen molar-refractivity contribution in [1.29, 1.82) is 0 Å². The Morgan fingerprint density at radius 3 is 2.64 bits per heavy atom. The number of aromatic nitrogens is 1. The number of rotatable bonds is 2. The van der Waals surface area contributed by atoms with Gasteiger partial charge in [-0.1, -0.05) is 24.6 Å². The maximum atomic E-state index is 13.1. The van der Waals surface area contributed by atoms with Crippen LogP contribution in [0.1, 0.15) is 51.7 Å². The van der Waals surface area contributed by atoms with Gasteiger partial charge >= 0.3 is 0 Å². The molecule has 0 aliphatic carbocycles. The Balaban J connectivity index is 1.56. The molecule has 2 amide bonds. The Morgan fingerprint density at radius 1 is 0.964 bits per heavy atom. The van der Waals surface area contributed by atoms with Crippen molar-refractivity contribution in [2.24, 2.45) is 0 Å². The van der Waals surface area contributed by atoms with E-state index >= 15 is 0 Å². The first-order valence-corrected chi connectivity index (χ1v) is 9.72. The molecule has 28 heavy (non-hydrogen) atoms. The van der Waals surface area contributed by atoms with Gasteiger partial charge in [-0.3, -0.25) is 14.5 Å². The summed E-state index contributed by atoms with van der Waals surface area (Å²) >= 11 is 0. The van der Waals surface area contributed by atoms with Gasteiger partial charge in [0.15, 0.2) is 0 Å². The highest BCUT2D eigenvalue weighted by atomic mass is 16.2. The highest BCUT2D eigenvalue weighted by Gasteiger charge is 2.43. The second-order valence-electron chi connectivity index (χ2n) is 7.59. The number of hydrogen-bond donors (Lipinski definition) is 3. The summed E-state index contributed by atoms with van der Waals surface area (Å²) in [5.74, 6) is -0.475. The third-order valence-electron chi connectivity index (χ3n) is 5.84. The molecule has 2 aliphatic heterocycles. The molecule has 4 N–H and O–H groups in total. The molecule has 2 aromatic carbocycles. The van der Waals surface area contributed by atoms with Crippen LogP contribution in [0.25, 0.3) is 10.9 Å². The van der Waals surface area contributed by atoms with Crippen LogP contribution in [0.4, 0.5) is 5.69 Å². The monoisotopic (exact) mass is 374 g/mol. The van der Waals surface area contributed by atoms with Gasteiger partial charge in [0, 0.05) is 16.9 Å². The van der Waals surface area contributed by atoms with E-state index in [1.807, 2.05) is 18.2 Å². The average Bonchev–Trinajstić information content (AvgIpc) is 3.11. The quantitative estimate of drug-likeness (QED) is 0.474. The standard InChI is InChI=1S/C22H22N4O2/c23-14-8-9-15-16(12-14)22(28)26(21(15)27)19-7-3-4-10-24-20(19)18-11-13-5-1-2-6-17(13)25-18/h1-2,5-6,8-9,11-12,19-20,24-25H,3-4,7,10,23H2/t19-,20?/m0/s1. The molecule has 1 fully saturated rings. The van der Waals surface area contributed by atoms with Crippen LogP contribution >= 0.6 is 0 Å². The van der Waals surface area contributed by atoms with Gasteiger partial charge in [-0.15, -0.1) is 0 Å². The molecule has 0 saturated carbocycles. The van der Waals surface area contributed by atoms with Gasteiger partial charge in [-0.25, -0.2) is 0 Å². The molecule has 3 aromatic rings. The van der Waals surface area contributed by atoms with Gasteiger partial charge in [0.2, 0.25) is 0 Å². The number of carbonyl (C=O) groups excluding carboxylic acids is 2. The molecule has 6 heteroatoms. The molecule has 3 heterocycles. The van der Waals surface area contributed by atoms with Crippen molar-refractivity contribution in [3.05, 3.63) is 65.4 Å². The van der Waals surface area contributed by atoms with Crippen molar-refractivity contribution < 1.29 is 9.59 Å². The third kappa shape index (κ3) is 2.60. The number of nitrogens with two attached hydrogens (primary N) is 1. The van der Waals surface area contributed by atoms with Crippen LogP contribution in [-0.4, -0.2) is 34.3 Å². The molecule has 1 aromatic heterocycles. The first-order valence-electron chi connectivity index (χ1n) is 9.72. The van der Waals surface area contributed by atoms with E-state index < -0.39 is 0 Å². The number of amides is 2. The molecular formula is C22H22N4O2. The van der Waals surface area contributed by atoms with Gasteiger partial charge in [-0.2, -0.15) is 0 Å². The predicted octanol–water partition coefficient (Wildman–Crippen LogP) is 3.23. The number of nitrogens with zero attached hydrogens (tertiary/aromatic N) is 1. The van der Waals surface area contributed by atoms with Crippen molar-refractivity contribution in [2.75, 3.05) is 12.3 Å². The number of carbonyl (C=O) groups is 2. The molecule has 1 saturated heterocycles. The third-order valence-corrected chi connectivity index (χ3v) is 5.84. The summed E-state index contributed by atoms with van der Waals surface area (Å²) in [5, 5.41) is 4.69. The van der Waals surface area contributed by atoms with Crippen LogP contribution in [0.2, 0.25) is 0 Å². The van der Waals surface area contributed by atoms with Gasteiger partial charge in [0.1, 0.15) is 0 Å². The van der Waals surface area contributed by atoms with Crippen LogP contribution in [0, 0.1) is 0 Å². The van der Waals surface area contributed by atoms with Crippen LogP contribution in [-0.2, 0) is 0 Å². The number of nitrogens with one attached hydrogen (secondary N) is 2. The minimum Gasteiger partial charge on any atom is -0.399 e. The fourth-order valence-electron chi connectivity index (χ4n) is 4.48. The number of H-pyrrole nitrogens is 1. The van der Waals surface area contributed by atoms with Gasteiger partial charge in [0.05, 0.1) is 23.2 Å². The molecule has 0 bridgehead atoms. The lowest BCUT2D eigenvalue weighted by molar-refractivity contribution is 0.0542. The summed E-state index contributed by atoms with van der Waals surface area (Å²) < 4.78 is 0. The Labute approximate surface area is 162 Å². The average molecular weight is 374 g/mol. The molecular weight excluding hydrogens is 352 g/mol. The maximum absolute atomic E-state index is 13.1. The molecule has 2 atom stereocenters. The second-order valence-corrected chi connectivity index (χ2v) is 7.59. The van der Waals surface area contributed by atoms with E-state index in [0.29, 0.717) is 16.8 Å². The van der Waals surface area contributed by atoms with E-state index in [1.165, 1.54) is 4.90 Å². The number of nitrogen functional groups attached to an aromatic ring is 1. The zero-order valence-corrected chi connectivity index (χ0v) is 15.4. The van der Waals surface area contributed by atoms with E-state index in [2.05, 4.69) is 22.4 Å². The summed E-state index contributed by atoms with van der Waals surface area (Å²) in [7, 11) is 0. The summed E-state index contributed by atoms with van der Waals surface area (Å²) in [6.45, 7) is 0.854. The number of hydrogen-bond acceptors (Lipinski definition) is 4. The first kappa shape index (κ1) is 17.0. The van der Waals surface area contributed by atoms with E-state index in [4.69, 9.17) is 5.73 Å². The lowest BCUT2D eigenvalue weighted by atomic mass is 9.99. The Hall–Kier alpha value is -3.12. The van der Waals surface area contributed by atoms with Crippen molar-refractivity contribution in [2.45, 2.75) is 31.3 Å². The zero-order chi connectivity index (χ0) is 19.3. The van der Waals surface area contributed by atoms with Gasteiger partial charge in [-0.05, 0) is 55.1 Å². The molecule has 5 rings (SSSR count). The van der Waals surface area contributed by atoms with Crippen LogP contribution in [0.15, 0.2) is 48.5 Å². The Kier molecular flexibility index (Phi) is 3.94. The molecule has 6 nitrogen and oxygen atoms in total. The highest BCUT2D eigenvalue weighted by molar-refractivity contribution is 6.22. The van der Waals surface area contributed by atoms with Crippen molar-refractivity contribution in [1.82, 2.24) is 15.2 Å². The lowest BCUT2D eigenvalue weighted by Crippen LogP contribution is -2.46. The number of anilines is 1. The van der Waals surface area contributed by atoms with Gasteiger partial charge in [0.25, 0.3) is 11.8 Å².